The van der Waals surface area contributed by atoms with E-state index in [4.69, 9.17) is 0 Å². The average Bonchev–Trinajstić information content (AvgIpc) is 2.47. The Hall–Kier alpha value is -1.23. The lowest BCUT2D eigenvalue weighted by Gasteiger charge is -2.21. The molecule has 0 amide bonds. The largest absolute Gasteiger partial charge is 0.573 e. The van der Waals surface area contributed by atoms with E-state index in [9.17, 15) is 13.2 Å². The highest BCUT2D eigenvalue weighted by molar-refractivity contribution is 14.0. The highest BCUT2D eigenvalue weighted by atomic mass is 127. The Balaban J connectivity index is 0.00000625. The summed E-state index contributed by atoms with van der Waals surface area (Å²) in [7, 11) is 0. The number of nitrogens with one attached hydrogen (secondary N) is 3. The van der Waals surface area contributed by atoms with Crippen LogP contribution in [0.5, 0.6) is 5.75 Å². The third-order valence-electron chi connectivity index (χ3n) is 3.02. The number of rotatable bonds is 7. The second-order valence-electron chi connectivity index (χ2n) is 6.45. The van der Waals surface area contributed by atoms with Crippen LogP contribution in [-0.4, -0.2) is 37.5 Å². The molecule has 1 aromatic rings. The highest BCUT2D eigenvalue weighted by Gasteiger charge is 2.31. The number of benzene rings is 1. The van der Waals surface area contributed by atoms with Crippen molar-refractivity contribution in [2.24, 2.45) is 4.99 Å². The molecule has 0 heterocycles. The second kappa shape index (κ2) is 11.5. The molecule has 0 saturated carbocycles. The fourth-order valence-corrected chi connectivity index (χ4v) is 1.98. The van der Waals surface area contributed by atoms with Crippen molar-refractivity contribution >= 4 is 29.9 Å². The molecule has 0 atom stereocenters. The van der Waals surface area contributed by atoms with Gasteiger partial charge in [-0.2, -0.15) is 0 Å². The number of para-hydroxylation sites is 1. The summed E-state index contributed by atoms with van der Waals surface area (Å²) in [6, 6.07) is 6.00. The van der Waals surface area contributed by atoms with Crippen LogP contribution in [0.1, 0.15) is 33.3 Å². The van der Waals surface area contributed by atoms with Crippen molar-refractivity contribution in [3.63, 3.8) is 0 Å². The summed E-state index contributed by atoms with van der Waals surface area (Å²) in [5, 5.41) is 9.55. The maximum atomic E-state index is 12.5. The van der Waals surface area contributed by atoms with E-state index in [0.29, 0.717) is 24.6 Å². The molecule has 0 aromatic heterocycles. The summed E-state index contributed by atoms with van der Waals surface area (Å²) in [5.41, 5.74) is 0.384. The summed E-state index contributed by atoms with van der Waals surface area (Å²) >= 11 is 0. The van der Waals surface area contributed by atoms with Crippen molar-refractivity contribution in [1.82, 2.24) is 16.0 Å². The van der Waals surface area contributed by atoms with Crippen molar-refractivity contribution in [1.29, 1.82) is 0 Å². The number of hydrogen-bond acceptors (Lipinski definition) is 3. The van der Waals surface area contributed by atoms with Gasteiger partial charge in [-0.15, -0.1) is 37.1 Å². The third kappa shape index (κ3) is 11.4. The van der Waals surface area contributed by atoms with E-state index >= 15 is 0 Å². The average molecular weight is 488 g/mol. The van der Waals surface area contributed by atoms with Crippen LogP contribution < -0.4 is 20.7 Å². The molecule has 0 saturated heterocycles. The van der Waals surface area contributed by atoms with Crippen LogP contribution in [-0.2, 0) is 6.54 Å². The van der Waals surface area contributed by atoms with Crippen molar-refractivity contribution < 1.29 is 17.9 Å². The van der Waals surface area contributed by atoms with Crippen LogP contribution in [0.15, 0.2) is 29.3 Å². The molecule has 9 heteroatoms. The van der Waals surface area contributed by atoms with E-state index in [2.05, 4.69) is 46.5 Å². The van der Waals surface area contributed by atoms with Gasteiger partial charge in [0.25, 0.3) is 0 Å². The maximum absolute atomic E-state index is 12.5. The highest BCUT2D eigenvalue weighted by Crippen LogP contribution is 2.26. The number of alkyl halides is 3. The van der Waals surface area contributed by atoms with Gasteiger partial charge in [-0.25, -0.2) is 4.99 Å². The normalized spacial score (nSPS) is 12.3. The minimum absolute atomic E-state index is 0. The summed E-state index contributed by atoms with van der Waals surface area (Å²) in [4.78, 5) is 4.33. The first-order valence-electron chi connectivity index (χ1n) is 8.21. The van der Waals surface area contributed by atoms with E-state index < -0.39 is 6.36 Å². The molecule has 1 aromatic carbocycles. The van der Waals surface area contributed by atoms with Crippen molar-refractivity contribution in [2.75, 3.05) is 19.6 Å². The smallest absolute Gasteiger partial charge is 0.405 e. The number of aliphatic imine (C=N–C) groups is 1. The van der Waals surface area contributed by atoms with Crippen LogP contribution in [0.25, 0.3) is 0 Å². The fourth-order valence-electron chi connectivity index (χ4n) is 1.98. The second-order valence-corrected chi connectivity index (χ2v) is 6.45. The van der Waals surface area contributed by atoms with Crippen LogP contribution in [0, 0.1) is 0 Å². The molecule has 26 heavy (non-hydrogen) atoms. The topological polar surface area (TPSA) is 57.7 Å². The molecule has 150 valence electrons. The van der Waals surface area contributed by atoms with E-state index in [1.165, 1.54) is 12.1 Å². The number of nitrogens with zero attached hydrogens (tertiary/aromatic N) is 1. The zero-order valence-corrected chi connectivity index (χ0v) is 17.9. The van der Waals surface area contributed by atoms with Crippen molar-refractivity contribution in [3.8, 4) is 5.75 Å². The van der Waals surface area contributed by atoms with Gasteiger partial charge < -0.3 is 20.7 Å². The minimum atomic E-state index is -4.72. The van der Waals surface area contributed by atoms with Gasteiger partial charge in [-0.3, -0.25) is 0 Å². The summed E-state index contributed by atoms with van der Waals surface area (Å²) in [5.74, 6) is 0.309. The zero-order chi connectivity index (χ0) is 18.9. The maximum Gasteiger partial charge on any atom is 0.573 e. The summed E-state index contributed by atoms with van der Waals surface area (Å²) < 4.78 is 41.4. The Morgan fingerprint density at radius 2 is 1.73 bits per heavy atom. The Bertz CT molecular complexity index is 560. The van der Waals surface area contributed by atoms with E-state index in [0.717, 1.165) is 6.54 Å². The molecule has 0 aliphatic heterocycles. The van der Waals surface area contributed by atoms with Crippen LogP contribution in [0.4, 0.5) is 13.2 Å². The first kappa shape index (κ1) is 24.8. The molecule has 0 fully saturated rings. The predicted molar refractivity (Wildman–Crippen MR) is 109 cm³/mol. The zero-order valence-electron chi connectivity index (χ0n) is 15.5. The van der Waals surface area contributed by atoms with Crippen molar-refractivity contribution in [2.45, 2.75) is 46.1 Å². The number of halogens is 4. The molecule has 0 aliphatic rings. The Kier molecular flexibility index (Phi) is 10.9. The van der Waals surface area contributed by atoms with E-state index in [1.807, 2.05) is 6.92 Å². The summed E-state index contributed by atoms with van der Waals surface area (Å²) in [6.07, 6.45) is -4.72. The lowest BCUT2D eigenvalue weighted by molar-refractivity contribution is -0.274. The Labute approximate surface area is 170 Å². The third-order valence-corrected chi connectivity index (χ3v) is 3.02. The molecule has 0 unspecified atom stereocenters. The van der Waals surface area contributed by atoms with E-state index in [-0.39, 0.29) is 41.8 Å². The van der Waals surface area contributed by atoms with Gasteiger partial charge >= 0.3 is 6.36 Å². The Morgan fingerprint density at radius 1 is 1.08 bits per heavy atom. The molecule has 5 nitrogen and oxygen atoms in total. The van der Waals surface area contributed by atoms with Gasteiger partial charge in [0.05, 0.1) is 6.54 Å². The van der Waals surface area contributed by atoms with E-state index in [1.54, 1.807) is 12.1 Å². The monoisotopic (exact) mass is 488 g/mol. The number of guanidine groups is 1. The van der Waals surface area contributed by atoms with Crippen molar-refractivity contribution in [3.05, 3.63) is 29.8 Å². The number of ether oxygens (including phenoxy) is 1. The van der Waals surface area contributed by atoms with Gasteiger partial charge in [-0.1, -0.05) is 18.2 Å². The first-order chi connectivity index (χ1) is 11.6. The van der Waals surface area contributed by atoms with Gasteiger partial charge in [0, 0.05) is 30.7 Å². The van der Waals surface area contributed by atoms with Crippen LogP contribution in [0.3, 0.4) is 0 Å². The quantitative estimate of drug-likeness (QED) is 0.238. The molecular weight excluding hydrogens is 460 g/mol. The predicted octanol–water partition coefficient (Wildman–Crippen LogP) is 3.65. The fraction of sp³-hybridized carbons (Fsp3) is 0.588. The number of hydrogen-bond donors (Lipinski definition) is 3. The Morgan fingerprint density at radius 3 is 2.31 bits per heavy atom. The van der Waals surface area contributed by atoms with Crippen LogP contribution >= 0.6 is 24.0 Å². The molecule has 1 rings (SSSR count). The van der Waals surface area contributed by atoms with Gasteiger partial charge in [0.1, 0.15) is 5.75 Å². The SMILES string of the molecule is CCNC(=NCc1ccccc1OC(F)(F)F)NCCNC(C)(C)C.I. The standard InChI is InChI=1S/C17H27F3N4O.HI/c1-5-21-15(22-10-11-24-16(2,3)4)23-12-13-8-6-7-9-14(13)25-17(18,19)20;/h6-9,24H,5,10-12H2,1-4H3,(H2,21,22,23);1H. The molecular formula is C17H28F3IN4O. The minimum Gasteiger partial charge on any atom is -0.405 e. The molecule has 0 bridgehead atoms. The molecule has 0 radical (unpaired) electrons. The van der Waals surface area contributed by atoms with Gasteiger partial charge in [0.2, 0.25) is 0 Å². The lowest BCUT2D eigenvalue weighted by Crippen LogP contribution is -2.44. The van der Waals surface area contributed by atoms with Gasteiger partial charge in [-0.05, 0) is 33.8 Å². The summed E-state index contributed by atoms with van der Waals surface area (Å²) in [6.45, 7) is 10.3. The van der Waals surface area contributed by atoms with Gasteiger partial charge in [0.15, 0.2) is 5.96 Å². The molecule has 0 aliphatic carbocycles. The lowest BCUT2D eigenvalue weighted by atomic mass is 10.1. The molecule has 0 spiro atoms. The van der Waals surface area contributed by atoms with Crippen LogP contribution in [0.2, 0.25) is 0 Å². The molecule has 3 N–H and O–H groups in total. The first-order valence-corrected chi connectivity index (χ1v) is 8.21.